The molecular formula is C17H17FN2O5S2. The number of rotatable bonds is 7. The van der Waals surface area contributed by atoms with Crippen LogP contribution in [0.1, 0.15) is 17.4 Å². The number of nitrogens with zero attached hydrogens (tertiary/aromatic N) is 1. The number of benzene rings is 1. The summed E-state index contributed by atoms with van der Waals surface area (Å²) in [5.41, 5.74) is 0.391. The number of hydrogen-bond acceptors (Lipinski definition) is 6. The largest absolute Gasteiger partial charge is 0.461 e. The second-order valence-electron chi connectivity index (χ2n) is 5.49. The Balaban J connectivity index is 2.19. The lowest BCUT2D eigenvalue weighted by molar-refractivity contribution is 0.0496. The van der Waals surface area contributed by atoms with E-state index >= 15 is 0 Å². The van der Waals surface area contributed by atoms with Crippen molar-refractivity contribution in [3.05, 3.63) is 47.2 Å². The molecule has 0 amide bonds. The average Bonchev–Trinajstić information content (AvgIpc) is 3.27. The van der Waals surface area contributed by atoms with Gasteiger partial charge in [-0.3, -0.25) is 4.72 Å². The molecule has 0 radical (unpaired) electrons. The zero-order valence-electron chi connectivity index (χ0n) is 14.6. The van der Waals surface area contributed by atoms with Crippen molar-refractivity contribution in [3.8, 4) is 0 Å². The van der Waals surface area contributed by atoms with Crippen molar-refractivity contribution in [1.82, 2.24) is 4.57 Å². The Hall–Kier alpha value is -2.43. The second-order valence-corrected chi connectivity index (χ2v) is 8.35. The van der Waals surface area contributed by atoms with Gasteiger partial charge in [0.1, 0.15) is 22.5 Å². The van der Waals surface area contributed by atoms with Crippen LogP contribution in [0.2, 0.25) is 0 Å². The van der Waals surface area contributed by atoms with Crippen LogP contribution >= 0.6 is 11.3 Å². The van der Waals surface area contributed by atoms with Crippen LogP contribution in [0.25, 0.3) is 10.9 Å². The molecular weight excluding hydrogens is 395 g/mol. The van der Waals surface area contributed by atoms with E-state index in [1.807, 2.05) is 0 Å². The Morgan fingerprint density at radius 1 is 1.33 bits per heavy atom. The summed E-state index contributed by atoms with van der Waals surface area (Å²) in [5, 5.41) is 1.72. The Kier molecular flexibility index (Phi) is 5.49. The van der Waals surface area contributed by atoms with Crippen LogP contribution in [0.3, 0.4) is 0 Å². The lowest BCUT2D eigenvalue weighted by atomic mass is 10.2. The molecule has 1 aromatic carbocycles. The lowest BCUT2D eigenvalue weighted by Gasteiger charge is -2.13. The van der Waals surface area contributed by atoms with E-state index in [-0.39, 0.29) is 39.8 Å². The second kappa shape index (κ2) is 7.67. The maximum atomic E-state index is 14.4. The molecule has 144 valence electrons. The topological polar surface area (TPSA) is 86.6 Å². The summed E-state index contributed by atoms with van der Waals surface area (Å²) >= 11 is 1.06. The van der Waals surface area contributed by atoms with E-state index in [9.17, 15) is 17.6 Å². The maximum absolute atomic E-state index is 14.4. The fraction of sp³-hybridized carbons (Fsp3) is 0.235. The molecule has 1 N–H and O–H groups in total. The van der Waals surface area contributed by atoms with Gasteiger partial charge in [0.25, 0.3) is 10.0 Å². The minimum atomic E-state index is -3.85. The number of nitrogens with one attached hydrogen (secondary N) is 1. The van der Waals surface area contributed by atoms with Gasteiger partial charge < -0.3 is 14.0 Å². The molecule has 0 bridgehead atoms. The van der Waals surface area contributed by atoms with Crippen molar-refractivity contribution in [2.75, 3.05) is 18.4 Å². The normalized spacial score (nSPS) is 11.7. The number of thiophene rings is 1. The van der Waals surface area contributed by atoms with Gasteiger partial charge in [0.2, 0.25) is 0 Å². The van der Waals surface area contributed by atoms with Gasteiger partial charge in [-0.2, -0.15) is 0 Å². The van der Waals surface area contributed by atoms with Crippen LogP contribution in [-0.2, 0) is 26.2 Å². The third-order valence-corrected chi connectivity index (χ3v) is 6.52. The zero-order chi connectivity index (χ0) is 19.6. The number of esters is 1. The molecule has 2 heterocycles. The molecule has 0 saturated carbocycles. The van der Waals surface area contributed by atoms with Gasteiger partial charge in [0.15, 0.2) is 0 Å². The van der Waals surface area contributed by atoms with Crippen LogP contribution in [0.5, 0.6) is 0 Å². The van der Waals surface area contributed by atoms with E-state index < -0.39 is 21.8 Å². The van der Waals surface area contributed by atoms with Crippen LogP contribution in [-0.4, -0.2) is 32.7 Å². The van der Waals surface area contributed by atoms with Gasteiger partial charge >= 0.3 is 5.97 Å². The number of halogens is 1. The third kappa shape index (κ3) is 3.68. The van der Waals surface area contributed by atoms with E-state index in [1.165, 1.54) is 29.9 Å². The maximum Gasteiger partial charge on any atom is 0.355 e. The monoisotopic (exact) mass is 412 g/mol. The number of fused-ring (bicyclic) bond motifs is 1. The number of anilines is 1. The standard InChI is InChI=1S/C17H17FN2O5S2/c1-3-25-17(21)14-9-11-12(18)6-7-13(16(11)20(14)10-24-2)19-27(22,23)15-5-4-8-26-15/h4-9,19H,3,10H2,1-2H3. The van der Waals surface area contributed by atoms with Crippen LogP contribution in [0.15, 0.2) is 39.9 Å². The Labute approximate surface area is 159 Å². The summed E-state index contributed by atoms with van der Waals surface area (Å²) in [6.07, 6.45) is 0. The minimum Gasteiger partial charge on any atom is -0.461 e. The Morgan fingerprint density at radius 2 is 2.11 bits per heavy atom. The molecule has 0 spiro atoms. The van der Waals surface area contributed by atoms with E-state index in [1.54, 1.807) is 18.4 Å². The summed E-state index contributed by atoms with van der Waals surface area (Å²) < 4.78 is 53.6. The fourth-order valence-electron chi connectivity index (χ4n) is 2.68. The molecule has 0 aliphatic carbocycles. The first-order chi connectivity index (χ1) is 12.9. The summed E-state index contributed by atoms with van der Waals surface area (Å²) in [4.78, 5) is 12.2. The smallest absolute Gasteiger partial charge is 0.355 e. The van der Waals surface area contributed by atoms with Gasteiger partial charge in [0.05, 0.1) is 17.8 Å². The summed E-state index contributed by atoms with van der Waals surface area (Å²) in [6.45, 7) is 1.71. The lowest BCUT2D eigenvalue weighted by Crippen LogP contribution is -2.15. The minimum absolute atomic E-state index is 0.0652. The number of ether oxygens (including phenoxy) is 2. The first-order valence-electron chi connectivity index (χ1n) is 7.93. The van der Waals surface area contributed by atoms with Crippen LogP contribution in [0, 0.1) is 5.82 Å². The first kappa shape index (κ1) is 19.3. The van der Waals surface area contributed by atoms with Gasteiger partial charge in [0, 0.05) is 12.5 Å². The molecule has 7 nitrogen and oxygen atoms in total. The van der Waals surface area contributed by atoms with Crippen molar-refractivity contribution in [1.29, 1.82) is 0 Å². The van der Waals surface area contributed by atoms with E-state index in [4.69, 9.17) is 9.47 Å². The summed E-state index contributed by atoms with van der Waals surface area (Å²) in [5.74, 6) is -1.25. The van der Waals surface area contributed by atoms with Crippen molar-refractivity contribution < 1.29 is 27.1 Å². The number of carbonyl (C=O) groups is 1. The number of carbonyl (C=O) groups excluding carboxylic acids is 1. The van der Waals surface area contributed by atoms with Crippen molar-refractivity contribution in [2.45, 2.75) is 17.9 Å². The molecule has 0 saturated heterocycles. The highest BCUT2D eigenvalue weighted by Crippen LogP contribution is 2.32. The molecule has 0 aliphatic heterocycles. The Bertz CT molecular complexity index is 1070. The van der Waals surface area contributed by atoms with Crippen molar-refractivity contribution in [3.63, 3.8) is 0 Å². The molecule has 0 atom stereocenters. The van der Waals surface area contributed by atoms with Gasteiger partial charge in [-0.25, -0.2) is 17.6 Å². The number of aromatic nitrogens is 1. The molecule has 27 heavy (non-hydrogen) atoms. The van der Waals surface area contributed by atoms with Gasteiger partial charge in [-0.15, -0.1) is 11.3 Å². The van der Waals surface area contributed by atoms with E-state index in [0.717, 1.165) is 17.4 Å². The summed E-state index contributed by atoms with van der Waals surface area (Å²) in [6, 6.07) is 6.85. The number of sulfonamides is 1. The van der Waals surface area contributed by atoms with Gasteiger partial charge in [-0.1, -0.05) is 6.07 Å². The van der Waals surface area contributed by atoms with E-state index in [0.29, 0.717) is 0 Å². The average molecular weight is 412 g/mol. The van der Waals surface area contributed by atoms with Crippen LogP contribution in [0.4, 0.5) is 10.1 Å². The van der Waals surface area contributed by atoms with Crippen LogP contribution < -0.4 is 4.72 Å². The molecule has 0 fully saturated rings. The van der Waals surface area contributed by atoms with Crippen molar-refractivity contribution in [2.24, 2.45) is 0 Å². The summed E-state index contributed by atoms with van der Waals surface area (Å²) in [7, 11) is -2.44. The highest BCUT2D eigenvalue weighted by molar-refractivity contribution is 7.94. The quantitative estimate of drug-likeness (QED) is 0.601. The van der Waals surface area contributed by atoms with Gasteiger partial charge in [-0.05, 0) is 36.6 Å². The number of hydrogen-bond donors (Lipinski definition) is 1. The molecule has 2 aromatic heterocycles. The third-order valence-electron chi connectivity index (χ3n) is 3.75. The number of methoxy groups -OCH3 is 1. The molecule has 3 aromatic rings. The molecule has 3 rings (SSSR count). The highest BCUT2D eigenvalue weighted by Gasteiger charge is 2.24. The first-order valence-corrected chi connectivity index (χ1v) is 10.3. The fourth-order valence-corrected chi connectivity index (χ4v) is 4.74. The van der Waals surface area contributed by atoms with Crippen molar-refractivity contribution >= 4 is 43.9 Å². The molecule has 10 heteroatoms. The predicted octanol–water partition coefficient (Wildman–Crippen LogP) is 3.42. The zero-order valence-corrected chi connectivity index (χ0v) is 16.2. The predicted molar refractivity (Wildman–Crippen MR) is 100.0 cm³/mol. The highest BCUT2D eigenvalue weighted by atomic mass is 32.2. The van der Waals surface area contributed by atoms with E-state index in [2.05, 4.69) is 4.72 Å². The molecule has 0 unspecified atom stereocenters. The Morgan fingerprint density at radius 3 is 2.74 bits per heavy atom. The molecule has 0 aliphatic rings. The SMILES string of the molecule is CCOC(=O)c1cc2c(F)ccc(NS(=O)(=O)c3cccs3)c2n1COC.